The standard InChI is InChI=1S/C24H24Cl2FNO2S/c1-4-31-22-9-5-17(6-10-22)12-24(29)28-21(11-16(2)25)14-19(26)13-18-7-8-20(27)15-23(18)30-3/h5-11,14-15H,2,4,12-13H2,1,3H3,(H,28,29)/b19-14+,21-11+. The minimum absolute atomic E-state index is 0.208. The van der Waals surface area contributed by atoms with E-state index in [0.717, 1.165) is 16.2 Å². The van der Waals surface area contributed by atoms with Crippen molar-refractivity contribution in [2.75, 3.05) is 12.9 Å². The molecule has 0 heterocycles. The molecule has 0 aliphatic carbocycles. The maximum atomic E-state index is 13.4. The minimum atomic E-state index is -0.395. The number of rotatable bonds is 10. The Hall–Kier alpha value is -2.21. The lowest BCUT2D eigenvalue weighted by molar-refractivity contribution is -0.119. The molecule has 2 aromatic rings. The Balaban J connectivity index is 2.10. The van der Waals surface area contributed by atoms with Gasteiger partial charge in [0.2, 0.25) is 5.91 Å². The summed E-state index contributed by atoms with van der Waals surface area (Å²) < 4.78 is 18.6. The lowest BCUT2D eigenvalue weighted by atomic mass is 10.1. The molecule has 3 nitrogen and oxygen atoms in total. The van der Waals surface area contributed by atoms with E-state index in [2.05, 4.69) is 18.8 Å². The molecule has 0 radical (unpaired) electrons. The number of ether oxygens (including phenoxy) is 1. The number of nitrogens with one attached hydrogen (secondary N) is 1. The molecule has 0 fully saturated rings. The fourth-order valence-electron chi connectivity index (χ4n) is 2.81. The molecule has 2 rings (SSSR count). The van der Waals surface area contributed by atoms with Crippen LogP contribution in [-0.2, 0) is 17.6 Å². The molecule has 0 aliphatic rings. The van der Waals surface area contributed by atoms with E-state index in [1.807, 2.05) is 24.3 Å². The second-order valence-electron chi connectivity index (χ2n) is 6.57. The molecule has 0 spiro atoms. The largest absolute Gasteiger partial charge is 0.496 e. The summed E-state index contributed by atoms with van der Waals surface area (Å²) in [6, 6.07) is 12.1. The van der Waals surface area contributed by atoms with Crippen molar-refractivity contribution in [2.45, 2.75) is 24.7 Å². The van der Waals surface area contributed by atoms with Gasteiger partial charge in [0, 0.05) is 33.1 Å². The lowest BCUT2D eigenvalue weighted by Gasteiger charge is -2.10. The first-order chi connectivity index (χ1) is 14.8. The third-order valence-corrected chi connectivity index (χ3v) is 5.36. The molecule has 0 saturated heterocycles. The highest BCUT2D eigenvalue weighted by Gasteiger charge is 2.09. The number of halogens is 3. The number of methoxy groups -OCH3 is 1. The molecule has 164 valence electrons. The predicted molar refractivity (Wildman–Crippen MR) is 128 cm³/mol. The van der Waals surface area contributed by atoms with Gasteiger partial charge in [-0.05, 0) is 47.2 Å². The maximum absolute atomic E-state index is 13.4. The maximum Gasteiger partial charge on any atom is 0.228 e. The number of benzene rings is 2. The second-order valence-corrected chi connectivity index (χ2v) is 8.88. The highest BCUT2D eigenvalue weighted by molar-refractivity contribution is 7.99. The van der Waals surface area contributed by atoms with Crippen molar-refractivity contribution in [3.05, 3.63) is 93.9 Å². The smallest absolute Gasteiger partial charge is 0.228 e. The van der Waals surface area contributed by atoms with Crippen LogP contribution in [0.5, 0.6) is 5.75 Å². The van der Waals surface area contributed by atoms with Gasteiger partial charge in [0.05, 0.1) is 13.5 Å². The zero-order valence-electron chi connectivity index (χ0n) is 17.4. The van der Waals surface area contributed by atoms with Crippen molar-refractivity contribution in [1.29, 1.82) is 0 Å². The van der Waals surface area contributed by atoms with E-state index in [0.29, 0.717) is 28.5 Å². The van der Waals surface area contributed by atoms with Gasteiger partial charge in [0.25, 0.3) is 0 Å². The van der Waals surface area contributed by atoms with Crippen LogP contribution in [0.15, 0.2) is 81.9 Å². The summed E-state index contributed by atoms with van der Waals surface area (Å²) in [5, 5.41) is 3.47. The molecule has 0 saturated carbocycles. The Morgan fingerprint density at radius 3 is 2.48 bits per heavy atom. The van der Waals surface area contributed by atoms with Crippen molar-refractivity contribution >= 4 is 40.9 Å². The molecule has 0 bridgehead atoms. The van der Waals surface area contributed by atoms with E-state index in [1.165, 1.54) is 25.3 Å². The molecule has 1 N–H and O–H groups in total. The zero-order valence-corrected chi connectivity index (χ0v) is 19.7. The Morgan fingerprint density at radius 1 is 1.16 bits per heavy atom. The Kier molecular flexibility index (Phi) is 10.2. The fraction of sp³-hybridized carbons (Fsp3) is 0.208. The molecule has 0 aromatic heterocycles. The van der Waals surface area contributed by atoms with Gasteiger partial charge in [-0.25, -0.2) is 4.39 Å². The summed E-state index contributed by atoms with van der Waals surface area (Å²) >= 11 is 14.1. The first-order valence-corrected chi connectivity index (χ1v) is 11.3. The van der Waals surface area contributed by atoms with Crippen LogP contribution in [0.1, 0.15) is 18.1 Å². The summed E-state index contributed by atoms with van der Waals surface area (Å²) in [5.41, 5.74) is 2.02. The molecule has 1 amide bonds. The van der Waals surface area contributed by atoms with Crippen molar-refractivity contribution < 1.29 is 13.9 Å². The highest BCUT2D eigenvalue weighted by atomic mass is 35.5. The van der Waals surface area contributed by atoms with E-state index in [1.54, 1.807) is 23.9 Å². The Bertz CT molecular complexity index is 988. The number of allylic oxidation sites excluding steroid dienone is 4. The third kappa shape index (κ3) is 8.82. The normalized spacial score (nSPS) is 11.9. The Labute approximate surface area is 197 Å². The van der Waals surface area contributed by atoms with Crippen molar-refractivity contribution in [1.82, 2.24) is 5.32 Å². The SMILES string of the molecule is C=C(Cl)/C=C(\C=C(\Cl)Cc1ccc(F)cc1OC)NC(=O)Cc1ccc(SCC)cc1. The average Bonchev–Trinajstić information content (AvgIpc) is 2.70. The molecule has 0 aliphatic heterocycles. The van der Waals surface area contributed by atoms with Gasteiger partial charge in [-0.3, -0.25) is 4.79 Å². The Morgan fingerprint density at radius 2 is 1.87 bits per heavy atom. The van der Waals surface area contributed by atoms with E-state index < -0.39 is 5.82 Å². The number of amides is 1. The van der Waals surface area contributed by atoms with Crippen LogP contribution in [0, 0.1) is 5.82 Å². The van der Waals surface area contributed by atoms with Crippen molar-refractivity contribution in [3.8, 4) is 5.75 Å². The van der Waals surface area contributed by atoms with Gasteiger partial charge >= 0.3 is 0 Å². The zero-order chi connectivity index (χ0) is 22.8. The van der Waals surface area contributed by atoms with Gasteiger partial charge < -0.3 is 10.1 Å². The molecule has 0 atom stereocenters. The van der Waals surface area contributed by atoms with Gasteiger partial charge in [-0.15, -0.1) is 11.8 Å². The summed E-state index contributed by atoms with van der Waals surface area (Å²) in [6.07, 6.45) is 3.62. The number of thioether (sulfide) groups is 1. The van der Waals surface area contributed by atoms with E-state index >= 15 is 0 Å². The van der Waals surface area contributed by atoms with E-state index in [9.17, 15) is 9.18 Å². The summed E-state index contributed by atoms with van der Waals surface area (Å²) in [5.74, 6) is 0.786. The van der Waals surface area contributed by atoms with Gasteiger partial charge in [0.1, 0.15) is 11.6 Å². The number of carbonyl (C=O) groups excluding carboxylic acids is 1. The highest BCUT2D eigenvalue weighted by Crippen LogP contribution is 2.24. The first kappa shape index (κ1) is 25.1. The predicted octanol–water partition coefficient (Wildman–Crippen LogP) is 6.61. The molecule has 31 heavy (non-hydrogen) atoms. The van der Waals surface area contributed by atoms with E-state index in [4.69, 9.17) is 27.9 Å². The van der Waals surface area contributed by atoms with Gasteiger partial charge in [0.15, 0.2) is 0 Å². The number of hydrogen-bond acceptors (Lipinski definition) is 3. The van der Waals surface area contributed by atoms with E-state index in [-0.39, 0.29) is 17.4 Å². The second kappa shape index (κ2) is 12.6. The topological polar surface area (TPSA) is 38.3 Å². The quantitative estimate of drug-likeness (QED) is 0.307. The van der Waals surface area contributed by atoms with Crippen LogP contribution >= 0.6 is 35.0 Å². The van der Waals surface area contributed by atoms with Gasteiger partial charge in [-0.2, -0.15) is 0 Å². The van der Waals surface area contributed by atoms with Crippen LogP contribution < -0.4 is 10.1 Å². The van der Waals surface area contributed by atoms with Crippen LogP contribution in [0.3, 0.4) is 0 Å². The minimum Gasteiger partial charge on any atom is -0.496 e. The summed E-state index contributed by atoms with van der Waals surface area (Å²) in [7, 11) is 1.46. The number of carbonyl (C=O) groups is 1. The molecule has 7 heteroatoms. The average molecular weight is 480 g/mol. The van der Waals surface area contributed by atoms with Crippen LogP contribution in [0.2, 0.25) is 0 Å². The van der Waals surface area contributed by atoms with Crippen molar-refractivity contribution in [3.63, 3.8) is 0 Å². The summed E-state index contributed by atoms with van der Waals surface area (Å²) in [4.78, 5) is 13.7. The van der Waals surface area contributed by atoms with Crippen LogP contribution in [0.25, 0.3) is 0 Å². The van der Waals surface area contributed by atoms with Crippen molar-refractivity contribution in [2.24, 2.45) is 0 Å². The summed E-state index contributed by atoms with van der Waals surface area (Å²) in [6.45, 7) is 5.74. The monoisotopic (exact) mass is 479 g/mol. The van der Waals surface area contributed by atoms with Gasteiger partial charge in [-0.1, -0.05) is 54.9 Å². The van der Waals surface area contributed by atoms with Crippen LogP contribution in [-0.4, -0.2) is 18.8 Å². The first-order valence-electron chi connectivity index (χ1n) is 9.57. The molecular weight excluding hydrogens is 456 g/mol. The molecule has 0 unspecified atom stereocenters. The number of hydrogen-bond donors (Lipinski definition) is 1. The van der Waals surface area contributed by atoms with Crippen LogP contribution in [0.4, 0.5) is 4.39 Å². The molecule has 2 aromatic carbocycles. The lowest BCUT2D eigenvalue weighted by Crippen LogP contribution is -2.24. The molecular formula is C24H24Cl2FNO2S. The fourth-order valence-corrected chi connectivity index (χ4v) is 3.85. The third-order valence-electron chi connectivity index (χ3n) is 4.12.